The molecule has 2 rings (SSSR count). The van der Waals surface area contributed by atoms with Gasteiger partial charge in [-0.1, -0.05) is 6.07 Å². The topological polar surface area (TPSA) is 84.6 Å². The van der Waals surface area contributed by atoms with Gasteiger partial charge in [0.25, 0.3) is 5.69 Å². The second-order valence-electron chi connectivity index (χ2n) is 2.99. The Balaban J connectivity index is 2.59. The first-order chi connectivity index (χ1) is 7.18. The average molecular weight is 205 g/mol. The van der Waals surface area contributed by atoms with E-state index < -0.39 is 4.92 Å². The Morgan fingerprint density at radius 3 is 3.00 bits per heavy atom. The van der Waals surface area contributed by atoms with Gasteiger partial charge in [-0.3, -0.25) is 19.9 Å². The highest BCUT2D eigenvalue weighted by Gasteiger charge is 2.19. The van der Waals surface area contributed by atoms with Crippen LogP contribution in [0.1, 0.15) is 6.42 Å². The fourth-order valence-corrected chi connectivity index (χ4v) is 1.34. The number of hydrogen-bond acceptors (Lipinski definition) is 4. The molecule has 1 amide bonds. The first-order valence-corrected chi connectivity index (χ1v) is 4.28. The zero-order chi connectivity index (χ0) is 10.8. The molecule has 1 aliphatic rings. The molecule has 0 saturated heterocycles. The number of fused-ring (bicyclic) bond motifs is 1. The summed E-state index contributed by atoms with van der Waals surface area (Å²) in [6.45, 7) is 0. The number of hydrogen-bond donors (Lipinski definition) is 1. The van der Waals surface area contributed by atoms with Crippen molar-refractivity contribution in [3.63, 3.8) is 0 Å². The summed E-state index contributed by atoms with van der Waals surface area (Å²) in [7, 11) is 0. The van der Waals surface area contributed by atoms with E-state index in [1.165, 1.54) is 18.3 Å². The molecule has 15 heavy (non-hydrogen) atoms. The number of nitro groups is 1. The van der Waals surface area contributed by atoms with Crippen molar-refractivity contribution in [1.82, 2.24) is 0 Å². The number of amides is 1. The van der Waals surface area contributed by atoms with Crippen molar-refractivity contribution >= 4 is 29.2 Å². The fraction of sp³-hybridized carbons (Fsp3) is 0.111. The summed E-state index contributed by atoms with van der Waals surface area (Å²) in [5.74, 6) is -0.224. The largest absolute Gasteiger partial charge is 0.324 e. The number of nitrogens with one attached hydrogen (secondary N) is 1. The lowest BCUT2D eigenvalue weighted by Gasteiger charge is -2.03. The zero-order valence-corrected chi connectivity index (χ0v) is 7.64. The zero-order valence-electron chi connectivity index (χ0n) is 7.64. The average Bonchev–Trinajstić information content (AvgIpc) is 2.37. The minimum atomic E-state index is -0.520. The Hall–Kier alpha value is -2.24. The van der Waals surface area contributed by atoms with E-state index in [1.807, 2.05) is 0 Å². The van der Waals surface area contributed by atoms with Crippen molar-refractivity contribution < 1.29 is 9.72 Å². The van der Waals surface area contributed by atoms with Crippen LogP contribution >= 0.6 is 0 Å². The van der Waals surface area contributed by atoms with Crippen molar-refractivity contribution in [3.8, 4) is 0 Å². The van der Waals surface area contributed by atoms with Crippen LogP contribution in [0.5, 0.6) is 0 Å². The van der Waals surface area contributed by atoms with Crippen LogP contribution in [0.3, 0.4) is 0 Å². The second kappa shape index (κ2) is 3.49. The van der Waals surface area contributed by atoms with E-state index in [-0.39, 0.29) is 23.7 Å². The van der Waals surface area contributed by atoms with E-state index in [4.69, 9.17) is 0 Å². The van der Waals surface area contributed by atoms with Crippen LogP contribution < -0.4 is 5.32 Å². The van der Waals surface area contributed by atoms with Crippen molar-refractivity contribution in [1.29, 1.82) is 0 Å². The monoisotopic (exact) mass is 205 g/mol. The second-order valence-corrected chi connectivity index (χ2v) is 2.99. The van der Waals surface area contributed by atoms with Gasteiger partial charge in [-0.15, -0.1) is 0 Å². The Labute approximate surface area is 84.8 Å². The van der Waals surface area contributed by atoms with Gasteiger partial charge < -0.3 is 5.32 Å². The summed E-state index contributed by atoms with van der Waals surface area (Å²) >= 11 is 0. The molecule has 1 aromatic rings. The maximum absolute atomic E-state index is 11.2. The van der Waals surface area contributed by atoms with Crippen molar-refractivity contribution in [2.24, 2.45) is 4.99 Å². The number of carbonyl (C=O) groups excluding carboxylic acids is 1. The van der Waals surface area contributed by atoms with Gasteiger partial charge in [-0.05, 0) is 6.07 Å². The molecule has 6 heteroatoms. The molecule has 0 bridgehead atoms. The smallest absolute Gasteiger partial charge is 0.296 e. The normalized spacial score (nSPS) is 14.0. The third kappa shape index (κ3) is 1.69. The predicted molar refractivity (Wildman–Crippen MR) is 54.5 cm³/mol. The van der Waals surface area contributed by atoms with Gasteiger partial charge in [0.1, 0.15) is 0 Å². The molecule has 76 valence electrons. The van der Waals surface area contributed by atoms with Crippen molar-refractivity contribution in [2.45, 2.75) is 6.42 Å². The highest BCUT2D eigenvalue weighted by molar-refractivity contribution is 6.04. The molecule has 0 saturated carbocycles. The Morgan fingerprint density at radius 2 is 2.27 bits per heavy atom. The van der Waals surface area contributed by atoms with Crippen molar-refractivity contribution in [2.75, 3.05) is 5.32 Å². The molecule has 0 radical (unpaired) electrons. The van der Waals surface area contributed by atoms with Gasteiger partial charge in [-0.25, -0.2) is 0 Å². The molecule has 1 heterocycles. The van der Waals surface area contributed by atoms with Gasteiger partial charge in [0.05, 0.1) is 17.0 Å². The van der Waals surface area contributed by atoms with Gasteiger partial charge >= 0.3 is 0 Å². The Kier molecular flexibility index (Phi) is 2.17. The predicted octanol–water partition coefficient (Wildman–Crippen LogP) is 1.64. The van der Waals surface area contributed by atoms with Gasteiger partial charge in [0.2, 0.25) is 5.91 Å². The summed E-state index contributed by atoms with van der Waals surface area (Å²) in [5, 5.41) is 13.2. The molecule has 0 unspecified atom stereocenters. The molecule has 0 aromatic heterocycles. The number of nitrogens with zero attached hydrogens (tertiary/aromatic N) is 2. The number of anilines is 1. The summed E-state index contributed by atoms with van der Waals surface area (Å²) in [6.07, 6.45) is 1.50. The summed E-state index contributed by atoms with van der Waals surface area (Å²) in [5.41, 5.74) is 0.474. The van der Waals surface area contributed by atoms with E-state index in [9.17, 15) is 14.9 Å². The minimum absolute atomic E-state index is 0.106. The van der Waals surface area contributed by atoms with E-state index in [0.717, 1.165) is 0 Å². The van der Waals surface area contributed by atoms with E-state index in [2.05, 4.69) is 10.3 Å². The summed E-state index contributed by atoms with van der Waals surface area (Å²) in [6, 6.07) is 4.45. The van der Waals surface area contributed by atoms with E-state index in [0.29, 0.717) is 5.69 Å². The standard InChI is InChI=1S/C9H7N3O3/c13-8-4-5-10-9-6(11-8)2-1-3-7(9)12(14)15/h1-3,5H,4H2,(H,11,13). The molecule has 1 N–H and O–H groups in total. The molecule has 0 fully saturated rings. The van der Waals surface area contributed by atoms with Crippen LogP contribution in [0.2, 0.25) is 0 Å². The molecule has 0 aliphatic carbocycles. The van der Waals surface area contributed by atoms with Crippen molar-refractivity contribution in [3.05, 3.63) is 28.3 Å². The molecular weight excluding hydrogens is 198 g/mol. The van der Waals surface area contributed by atoms with Gasteiger partial charge in [-0.2, -0.15) is 0 Å². The lowest BCUT2D eigenvalue weighted by molar-refractivity contribution is -0.384. The number of aliphatic imine (C=N–C) groups is 1. The van der Waals surface area contributed by atoms with Crippen LogP contribution in [0.25, 0.3) is 0 Å². The molecular formula is C9H7N3O3. The van der Waals surface area contributed by atoms with Crippen LogP contribution in [0.15, 0.2) is 23.2 Å². The molecule has 0 spiro atoms. The minimum Gasteiger partial charge on any atom is -0.324 e. The molecule has 1 aliphatic heterocycles. The number of benzene rings is 1. The highest BCUT2D eigenvalue weighted by Crippen LogP contribution is 2.35. The number of nitro benzene ring substituents is 1. The van der Waals surface area contributed by atoms with E-state index >= 15 is 0 Å². The summed E-state index contributed by atoms with van der Waals surface area (Å²) < 4.78 is 0. The SMILES string of the molecule is O=C1CC=Nc2c(cccc2[N+](=O)[O-])N1. The maximum Gasteiger partial charge on any atom is 0.296 e. The number of carbonyl (C=O) groups is 1. The number of para-hydroxylation sites is 1. The van der Waals surface area contributed by atoms with Crippen LogP contribution in [-0.2, 0) is 4.79 Å². The highest BCUT2D eigenvalue weighted by atomic mass is 16.6. The molecule has 0 atom stereocenters. The molecule has 1 aromatic carbocycles. The van der Waals surface area contributed by atoms with Crippen LogP contribution in [0.4, 0.5) is 17.1 Å². The molecule has 6 nitrogen and oxygen atoms in total. The quantitative estimate of drug-likeness (QED) is 0.558. The lowest BCUT2D eigenvalue weighted by Crippen LogP contribution is -2.09. The summed E-state index contributed by atoms with van der Waals surface area (Å²) in [4.78, 5) is 25.2. The maximum atomic E-state index is 11.2. The third-order valence-corrected chi connectivity index (χ3v) is 1.98. The van der Waals surface area contributed by atoms with Gasteiger partial charge in [0.15, 0.2) is 5.69 Å². The third-order valence-electron chi connectivity index (χ3n) is 1.98. The van der Waals surface area contributed by atoms with E-state index in [1.54, 1.807) is 6.07 Å². The van der Waals surface area contributed by atoms with Crippen LogP contribution in [-0.4, -0.2) is 17.0 Å². The lowest BCUT2D eigenvalue weighted by atomic mass is 10.2. The van der Waals surface area contributed by atoms with Gasteiger partial charge in [0, 0.05) is 12.3 Å². The Bertz CT molecular complexity index is 468. The van der Waals surface area contributed by atoms with Crippen LogP contribution in [0, 0.1) is 10.1 Å². The fourth-order valence-electron chi connectivity index (χ4n) is 1.34. The first kappa shape index (κ1) is 9.32. The Morgan fingerprint density at radius 1 is 1.47 bits per heavy atom. The first-order valence-electron chi connectivity index (χ1n) is 4.28. The number of rotatable bonds is 1.